The lowest BCUT2D eigenvalue weighted by atomic mass is 9.96. The van der Waals surface area contributed by atoms with Gasteiger partial charge in [-0.2, -0.15) is 0 Å². The van der Waals surface area contributed by atoms with Crippen LogP contribution in [0.2, 0.25) is 0 Å². The Labute approximate surface area is 87.8 Å². The molecular formula is C10H5F3O3. The van der Waals surface area contributed by atoms with Gasteiger partial charge in [0.1, 0.15) is 5.82 Å². The van der Waals surface area contributed by atoms with Gasteiger partial charge in [-0.25, -0.2) is 13.2 Å². The van der Waals surface area contributed by atoms with Crippen LogP contribution in [-0.2, 0) is 14.3 Å². The molecule has 6 heteroatoms. The second-order valence-corrected chi connectivity index (χ2v) is 3.31. The summed E-state index contributed by atoms with van der Waals surface area (Å²) in [5, 5.41) is 0. The molecule has 1 unspecified atom stereocenters. The summed E-state index contributed by atoms with van der Waals surface area (Å²) in [5.41, 5.74) is -0.754. The molecule has 0 bridgehead atoms. The Bertz CT molecular complexity index is 484. The Kier molecular flexibility index (Phi) is 2.41. The average Bonchev–Trinajstić information content (AvgIpc) is 2.53. The summed E-state index contributed by atoms with van der Waals surface area (Å²) in [6.45, 7) is 0. The Morgan fingerprint density at radius 3 is 2.31 bits per heavy atom. The topological polar surface area (TPSA) is 43.4 Å². The molecule has 0 saturated carbocycles. The van der Waals surface area contributed by atoms with Crippen molar-refractivity contribution in [1.82, 2.24) is 0 Å². The third-order valence-corrected chi connectivity index (χ3v) is 2.30. The molecule has 16 heavy (non-hydrogen) atoms. The molecule has 84 valence electrons. The number of cyclic esters (lactones) is 2. The van der Waals surface area contributed by atoms with Crippen molar-refractivity contribution in [1.29, 1.82) is 0 Å². The molecule has 1 saturated heterocycles. The summed E-state index contributed by atoms with van der Waals surface area (Å²) in [6.07, 6.45) is -0.476. The largest absolute Gasteiger partial charge is 0.393 e. The SMILES string of the molecule is O=C1CC(c2c(F)ccc(F)c2F)C(=O)O1. The average molecular weight is 230 g/mol. The van der Waals surface area contributed by atoms with E-state index in [0.717, 1.165) is 0 Å². The van der Waals surface area contributed by atoms with Crippen LogP contribution in [0.3, 0.4) is 0 Å². The van der Waals surface area contributed by atoms with Gasteiger partial charge in [-0.3, -0.25) is 9.59 Å². The fourth-order valence-electron chi connectivity index (χ4n) is 1.56. The second-order valence-electron chi connectivity index (χ2n) is 3.31. The Balaban J connectivity index is 2.52. The Hall–Kier alpha value is -1.85. The number of hydrogen-bond acceptors (Lipinski definition) is 3. The second kappa shape index (κ2) is 3.62. The van der Waals surface area contributed by atoms with Crippen LogP contribution in [0.25, 0.3) is 0 Å². The van der Waals surface area contributed by atoms with Gasteiger partial charge in [-0.15, -0.1) is 0 Å². The molecular weight excluding hydrogens is 225 g/mol. The molecule has 1 aromatic carbocycles. The minimum absolute atomic E-state index is 0.476. The molecule has 1 aromatic rings. The van der Waals surface area contributed by atoms with E-state index >= 15 is 0 Å². The molecule has 1 aliphatic heterocycles. The van der Waals surface area contributed by atoms with E-state index in [-0.39, 0.29) is 0 Å². The fourth-order valence-corrected chi connectivity index (χ4v) is 1.56. The molecule has 1 fully saturated rings. The highest BCUT2D eigenvalue weighted by Crippen LogP contribution is 2.32. The van der Waals surface area contributed by atoms with Gasteiger partial charge in [0.2, 0.25) is 0 Å². The van der Waals surface area contributed by atoms with Crippen molar-refractivity contribution >= 4 is 11.9 Å². The zero-order chi connectivity index (χ0) is 11.9. The van der Waals surface area contributed by atoms with Crippen LogP contribution in [0, 0.1) is 17.5 Å². The lowest BCUT2D eigenvalue weighted by molar-refractivity contribution is -0.152. The molecule has 0 N–H and O–H groups in total. The minimum Gasteiger partial charge on any atom is -0.393 e. The first-order chi connectivity index (χ1) is 7.50. The van der Waals surface area contributed by atoms with E-state index in [9.17, 15) is 22.8 Å². The molecule has 0 aromatic heterocycles. The number of rotatable bonds is 1. The van der Waals surface area contributed by atoms with Crippen molar-refractivity contribution in [2.24, 2.45) is 0 Å². The third-order valence-electron chi connectivity index (χ3n) is 2.30. The lowest BCUT2D eigenvalue weighted by Crippen LogP contribution is -2.11. The lowest BCUT2D eigenvalue weighted by Gasteiger charge is -2.08. The van der Waals surface area contributed by atoms with Gasteiger partial charge in [0, 0.05) is 5.56 Å². The van der Waals surface area contributed by atoms with Crippen LogP contribution in [0.4, 0.5) is 13.2 Å². The standard InChI is InChI=1S/C10H5F3O3/c11-5-1-2-6(12)9(13)8(5)4-3-7(14)16-10(4)15/h1-2,4H,3H2. The molecule has 1 aliphatic rings. The van der Waals surface area contributed by atoms with Crippen molar-refractivity contribution in [3.05, 3.63) is 35.1 Å². The van der Waals surface area contributed by atoms with Crippen molar-refractivity contribution in [3.8, 4) is 0 Å². The van der Waals surface area contributed by atoms with E-state index in [4.69, 9.17) is 0 Å². The number of halogens is 3. The molecule has 3 nitrogen and oxygen atoms in total. The monoisotopic (exact) mass is 230 g/mol. The number of ether oxygens (including phenoxy) is 1. The Morgan fingerprint density at radius 2 is 1.75 bits per heavy atom. The summed E-state index contributed by atoms with van der Waals surface area (Å²) in [7, 11) is 0. The summed E-state index contributed by atoms with van der Waals surface area (Å²) >= 11 is 0. The maximum Gasteiger partial charge on any atom is 0.321 e. The van der Waals surface area contributed by atoms with Gasteiger partial charge in [0.15, 0.2) is 11.6 Å². The van der Waals surface area contributed by atoms with E-state index in [1.54, 1.807) is 0 Å². The van der Waals surface area contributed by atoms with Gasteiger partial charge >= 0.3 is 11.9 Å². The number of carbonyl (C=O) groups is 2. The van der Waals surface area contributed by atoms with E-state index in [1.165, 1.54) is 0 Å². The normalized spacial score (nSPS) is 20.1. The number of hydrogen-bond donors (Lipinski definition) is 0. The fraction of sp³-hybridized carbons (Fsp3) is 0.200. The molecule has 1 atom stereocenters. The molecule has 2 rings (SSSR count). The van der Waals surface area contributed by atoms with Crippen LogP contribution in [-0.4, -0.2) is 11.9 Å². The van der Waals surface area contributed by atoms with Crippen molar-refractivity contribution in [2.75, 3.05) is 0 Å². The highest BCUT2D eigenvalue weighted by Gasteiger charge is 2.38. The van der Waals surface area contributed by atoms with Crippen LogP contribution >= 0.6 is 0 Å². The van der Waals surface area contributed by atoms with Gasteiger partial charge in [0.25, 0.3) is 0 Å². The predicted octanol–water partition coefficient (Wildman–Crippen LogP) is 1.66. The molecule has 0 aliphatic carbocycles. The van der Waals surface area contributed by atoms with Crippen molar-refractivity contribution in [3.63, 3.8) is 0 Å². The van der Waals surface area contributed by atoms with Crippen LogP contribution in [0.15, 0.2) is 12.1 Å². The zero-order valence-electron chi connectivity index (χ0n) is 7.80. The minimum atomic E-state index is -1.46. The highest BCUT2D eigenvalue weighted by molar-refractivity contribution is 5.97. The van der Waals surface area contributed by atoms with Gasteiger partial charge in [0.05, 0.1) is 12.3 Å². The Morgan fingerprint density at radius 1 is 1.12 bits per heavy atom. The number of carbonyl (C=O) groups excluding carboxylic acids is 2. The third kappa shape index (κ3) is 1.56. The van der Waals surface area contributed by atoms with Crippen LogP contribution < -0.4 is 0 Å². The van der Waals surface area contributed by atoms with Crippen molar-refractivity contribution < 1.29 is 27.5 Å². The maximum atomic E-state index is 13.3. The van der Waals surface area contributed by atoms with Gasteiger partial charge in [-0.1, -0.05) is 0 Å². The predicted molar refractivity (Wildman–Crippen MR) is 44.8 cm³/mol. The smallest absolute Gasteiger partial charge is 0.321 e. The van der Waals surface area contributed by atoms with Gasteiger partial charge < -0.3 is 4.74 Å². The highest BCUT2D eigenvalue weighted by atomic mass is 19.2. The number of benzene rings is 1. The quantitative estimate of drug-likeness (QED) is 0.418. The first-order valence-corrected chi connectivity index (χ1v) is 4.38. The molecule has 0 radical (unpaired) electrons. The molecule has 0 amide bonds. The first-order valence-electron chi connectivity index (χ1n) is 4.38. The van der Waals surface area contributed by atoms with E-state index in [0.29, 0.717) is 12.1 Å². The van der Waals surface area contributed by atoms with Gasteiger partial charge in [-0.05, 0) is 12.1 Å². The van der Waals surface area contributed by atoms with Crippen LogP contribution in [0.5, 0.6) is 0 Å². The van der Waals surface area contributed by atoms with Crippen molar-refractivity contribution in [2.45, 2.75) is 12.3 Å². The molecule has 0 spiro atoms. The maximum absolute atomic E-state index is 13.3. The van der Waals surface area contributed by atoms with Crippen LogP contribution in [0.1, 0.15) is 17.9 Å². The van der Waals surface area contributed by atoms with E-state index < -0.39 is 47.3 Å². The first kappa shape index (κ1) is 10.7. The molecule has 1 heterocycles. The summed E-state index contributed by atoms with van der Waals surface area (Å²) in [4.78, 5) is 21.9. The summed E-state index contributed by atoms with van der Waals surface area (Å²) < 4.78 is 43.5. The zero-order valence-corrected chi connectivity index (χ0v) is 7.80. The summed E-state index contributed by atoms with van der Waals surface area (Å²) in [6, 6.07) is 1.31. The van der Waals surface area contributed by atoms with E-state index in [1.807, 2.05) is 0 Å². The number of esters is 2. The van der Waals surface area contributed by atoms with E-state index in [2.05, 4.69) is 4.74 Å². The summed E-state index contributed by atoms with van der Waals surface area (Å²) in [5.74, 6) is -7.15.